The Bertz CT molecular complexity index is 660. The number of rotatable bonds is 4. The molecule has 0 saturated carbocycles. The van der Waals surface area contributed by atoms with Crippen molar-refractivity contribution in [3.8, 4) is 0 Å². The topological polar surface area (TPSA) is 63.1 Å². The third-order valence-electron chi connectivity index (χ3n) is 2.85. The Morgan fingerprint density at radius 2 is 2.10 bits per heavy atom. The SMILES string of the molecule is CCc1nc(Cc2ccc(Cl)cc2Cl)ncc1C(=O)O. The van der Waals surface area contributed by atoms with Crippen molar-refractivity contribution in [3.05, 3.63) is 57.1 Å². The summed E-state index contributed by atoms with van der Waals surface area (Å²) in [6.45, 7) is 1.85. The van der Waals surface area contributed by atoms with Crippen LogP contribution in [0.4, 0.5) is 0 Å². The van der Waals surface area contributed by atoms with E-state index in [2.05, 4.69) is 9.97 Å². The Balaban J connectivity index is 2.32. The van der Waals surface area contributed by atoms with Crippen LogP contribution in [0.25, 0.3) is 0 Å². The molecule has 0 fully saturated rings. The van der Waals surface area contributed by atoms with E-state index in [1.54, 1.807) is 12.1 Å². The summed E-state index contributed by atoms with van der Waals surface area (Å²) in [4.78, 5) is 19.4. The third-order valence-corrected chi connectivity index (χ3v) is 3.43. The van der Waals surface area contributed by atoms with Gasteiger partial charge in [0.1, 0.15) is 5.82 Å². The average Bonchev–Trinajstić information content (AvgIpc) is 2.41. The zero-order valence-electron chi connectivity index (χ0n) is 10.7. The van der Waals surface area contributed by atoms with Crippen molar-refractivity contribution in [2.75, 3.05) is 0 Å². The first-order chi connectivity index (χ1) is 9.51. The molecule has 4 nitrogen and oxygen atoms in total. The summed E-state index contributed by atoms with van der Waals surface area (Å²) in [7, 11) is 0. The lowest BCUT2D eigenvalue weighted by Crippen LogP contribution is -2.08. The monoisotopic (exact) mass is 310 g/mol. The number of nitrogens with zero attached hydrogens (tertiary/aromatic N) is 2. The second-order valence-electron chi connectivity index (χ2n) is 4.22. The summed E-state index contributed by atoms with van der Waals surface area (Å²) >= 11 is 11.9. The summed E-state index contributed by atoms with van der Waals surface area (Å²) in [6, 6.07) is 5.21. The average molecular weight is 311 g/mol. The number of benzene rings is 1. The van der Waals surface area contributed by atoms with E-state index in [-0.39, 0.29) is 5.56 Å². The fourth-order valence-electron chi connectivity index (χ4n) is 1.83. The molecule has 0 bridgehead atoms. The lowest BCUT2D eigenvalue weighted by molar-refractivity contribution is 0.0694. The quantitative estimate of drug-likeness (QED) is 0.936. The minimum absolute atomic E-state index is 0.137. The molecule has 104 valence electrons. The van der Waals surface area contributed by atoms with Gasteiger partial charge in [-0.05, 0) is 24.1 Å². The highest BCUT2D eigenvalue weighted by Crippen LogP contribution is 2.22. The molecular weight excluding hydrogens is 299 g/mol. The van der Waals surface area contributed by atoms with E-state index < -0.39 is 5.97 Å². The number of aryl methyl sites for hydroxylation is 1. The zero-order chi connectivity index (χ0) is 14.7. The molecule has 2 rings (SSSR count). The van der Waals surface area contributed by atoms with Crippen LogP contribution in [0.2, 0.25) is 10.0 Å². The summed E-state index contributed by atoms with van der Waals surface area (Å²) < 4.78 is 0. The van der Waals surface area contributed by atoms with Gasteiger partial charge in [-0.15, -0.1) is 0 Å². The lowest BCUT2D eigenvalue weighted by Gasteiger charge is -2.07. The molecule has 0 spiro atoms. The van der Waals surface area contributed by atoms with Gasteiger partial charge in [0.15, 0.2) is 0 Å². The molecule has 0 aliphatic heterocycles. The van der Waals surface area contributed by atoms with Gasteiger partial charge in [-0.3, -0.25) is 0 Å². The van der Waals surface area contributed by atoms with Crippen molar-refractivity contribution in [2.45, 2.75) is 19.8 Å². The van der Waals surface area contributed by atoms with Gasteiger partial charge in [0.2, 0.25) is 0 Å². The van der Waals surface area contributed by atoms with Crippen LogP contribution in [0, 0.1) is 0 Å². The Labute approximate surface area is 126 Å². The summed E-state index contributed by atoms with van der Waals surface area (Å²) in [5, 5.41) is 10.1. The van der Waals surface area contributed by atoms with Crippen LogP contribution in [-0.4, -0.2) is 21.0 Å². The van der Waals surface area contributed by atoms with Crippen LogP contribution in [-0.2, 0) is 12.8 Å². The number of aromatic nitrogens is 2. The molecule has 0 aliphatic rings. The molecule has 0 aliphatic carbocycles. The highest BCUT2D eigenvalue weighted by molar-refractivity contribution is 6.35. The number of carboxylic acids is 1. The molecule has 0 amide bonds. The van der Waals surface area contributed by atoms with Crippen molar-refractivity contribution >= 4 is 29.2 Å². The summed E-state index contributed by atoms with van der Waals surface area (Å²) in [5.41, 5.74) is 1.51. The Hall–Kier alpha value is -1.65. The summed E-state index contributed by atoms with van der Waals surface area (Å²) in [6.07, 6.45) is 2.31. The van der Waals surface area contributed by atoms with Crippen molar-refractivity contribution < 1.29 is 9.90 Å². The van der Waals surface area contributed by atoms with Crippen LogP contribution in [0.3, 0.4) is 0 Å². The van der Waals surface area contributed by atoms with E-state index in [0.29, 0.717) is 34.4 Å². The van der Waals surface area contributed by atoms with Gasteiger partial charge in [0.25, 0.3) is 0 Å². The normalized spacial score (nSPS) is 10.6. The van der Waals surface area contributed by atoms with Gasteiger partial charge in [0.05, 0.1) is 11.3 Å². The van der Waals surface area contributed by atoms with Gasteiger partial charge < -0.3 is 5.11 Å². The van der Waals surface area contributed by atoms with Gasteiger partial charge in [-0.25, -0.2) is 14.8 Å². The van der Waals surface area contributed by atoms with Gasteiger partial charge in [0, 0.05) is 22.7 Å². The molecule has 0 unspecified atom stereocenters. The molecule has 6 heteroatoms. The first-order valence-electron chi connectivity index (χ1n) is 6.03. The third kappa shape index (κ3) is 3.26. The number of carbonyl (C=O) groups is 1. The van der Waals surface area contributed by atoms with Crippen LogP contribution in [0.1, 0.15) is 34.4 Å². The molecule has 1 aromatic carbocycles. The van der Waals surface area contributed by atoms with Crippen LogP contribution in [0.5, 0.6) is 0 Å². The number of carboxylic acid groups (broad SMARTS) is 1. The fourth-order valence-corrected chi connectivity index (χ4v) is 2.30. The first-order valence-corrected chi connectivity index (χ1v) is 6.79. The maximum atomic E-state index is 11.0. The predicted octanol–water partition coefficient (Wildman–Crippen LogP) is 3.63. The molecule has 2 aromatic rings. The smallest absolute Gasteiger partial charge is 0.339 e. The minimum Gasteiger partial charge on any atom is -0.478 e. The molecule has 1 aromatic heterocycles. The molecule has 20 heavy (non-hydrogen) atoms. The van der Waals surface area contributed by atoms with E-state index in [1.165, 1.54) is 6.20 Å². The standard InChI is InChI=1S/C14H12Cl2N2O2/c1-2-12-10(14(19)20)7-17-13(18-12)5-8-3-4-9(15)6-11(8)16/h3-4,6-7H,2,5H2,1H3,(H,19,20). The molecule has 1 heterocycles. The number of hydrogen-bond acceptors (Lipinski definition) is 3. The lowest BCUT2D eigenvalue weighted by atomic mass is 10.1. The second-order valence-corrected chi connectivity index (χ2v) is 5.06. The fraction of sp³-hybridized carbons (Fsp3) is 0.214. The van der Waals surface area contributed by atoms with Gasteiger partial charge in [-0.2, -0.15) is 0 Å². The van der Waals surface area contributed by atoms with Crippen LogP contribution < -0.4 is 0 Å². The van der Waals surface area contributed by atoms with Gasteiger partial charge >= 0.3 is 5.97 Å². The number of halogens is 2. The van der Waals surface area contributed by atoms with Gasteiger partial charge in [-0.1, -0.05) is 36.2 Å². The molecule has 1 N–H and O–H groups in total. The maximum Gasteiger partial charge on any atom is 0.339 e. The van der Waals surface area contributed by atoms with E-state index >= 15 is 0 Å². The van der Waals surface area contributed by atoms with E-state index in [4.69, 9.17) is 28.3 Å². The minimum atomic E-state index is -1.02. The van der Waals surface area contributed by atoms with Crippen LogP contribution in [0.15, 0.2) is 24.4 Å². The van der Waals surface area contributed by atoms with Crippen molar-refractivity contribution in [2.24, 2.45) is 0 Å². The molecule has 0 atom stereocenters. The van der Waals surface area contributed by atoms with Crippen LogP contribution >= 0.6 is 23.2 Å². The second kappa shape index (κ2) is 6.20. The maximum absolute atomic E-state index is 11.0. The number of hydrogen-bond donors (Lipinski definition) is 1. The predicted molar refractivity (Wildman–Crippen MR) is 77.6 cm³/mol. The van der Waals surface area contributed by atoms with Crippen molar-refractivity contribution in [1.82, 2.24) is 9.97 Å². The number of aromatic carboxylic acids is 1. The zero-order valence-corrected chi connectivity index (χ0v) is 12.2. The van der Waals surface area contributed by atoms with E-state index in [0.717, 1.165) is 5.56 Å². The Morgan fingerprint density at radius 1 is 1.35 bits per heavy atom. The summed E-state index contributed by atoms with van der Waals surface area (Å²) in [5.74, 6) is -0.478. The largest absolute Gasteiger partial charge is 0.478 e. The highest BCUT2D eigenvalue weighted by Gasteiger charge is 2.13. The highest BCUT2D eigenvalue weighted by atomic mass is 35.5. The first kappa shape index (κ1) is 14.8. The molecular formula is C14H12Cl2N2O2. The van der Waals surface area contributed by atoms with E-state index in [9.17, 15) is 4.79 Å². The molecule has 0 radical (unpaired) electrons. The Morgan fingerprint density at radius 3 is 2.70 bits per heavy atom. The van der Waals surface area contributed by atoms with Crippen molar-refractivity contribution in [3.63, 3.8) is 0 Å². The Kier molecular flexibility index (Phi) is 4.57. The van der Waals surface area contributed by atoms with Crippen molar-refractivity contribution in [1.29, 1.82) is 0 Å². The molecule has 0 saturated heterocycles. The van der Waals surface area contributed by atoms with E-state index in [1.807, 2.05) is 13.0 Å².